The molecule has 1 aromatic rings. The SMILES string of the molecule is CC(C)[C@H](NC(=O)CS(=O)(=NC(=O)[C@@H](NC(=O)OC(C)(C)C)C(C)C)c1ccccc1)C(=O)O. The summed E-state index contributed by atoms with van der Waals surface area (Å²) >= 11 is 0. The first kappa shape index (κ1) is 29.1. The van der Waals surface area contributed by atoms with E-state index in [9.17, 15) is 28.5 Å². The molecule has 0 aliphatic rings. The lowest BCUT2D eigenvalue weighted by atomic mass is 10.0. The van der Waals surface area contributed by atoms with Gasteiger partial charge < -0.3 is 20.5 Å². The second-order valence-electron chi connectivity index (χ2n) is 9.52. The van der Waals surface area contributed by atoms with Crippen molar-refractivity contribution in [3.8, 4) is 0 Å². The minimum absolute atomic E-state index is 0.134. The van der Waals surface area contributed by atoms with Crippen molar-refractivity contribution in [2.75, 3.05) is 5.75 Å². The Morgan fingerprint density at radius 1 is 0.971 bits per heavy atom. The highest BCUT2D eigenvalue weighted by atomic mass is 32.2. The lowest BCUT2D eigenvalue weighted by molar-refractivity contribution is -0.142. The molecule has 1 aromatic carbocycles. The molecule has 1 rings (SSSR count). The average Bonchev–Trinajstić information content (AvgIpc) is 2.68. The van der Waals surface area contributed by atoms with E-state index < -0.39 is 68.9 Å². The number of rotatable bonds is 9. The van der Waals surface area contributed by atoms with Crippen molar-refractivity contribution in [3.05, 3.63) is 30.3 Å². The third kappa shape index (κ3) is 9.12. The fraction of sp³-hybridized carbons (Fsp3) is 0.565. The standard InChI is InChI=1S/C23H35N3O7S/c1-14(2)18(25-22(31)33-23(5,6)7)20(28)26-34(32,16-11-9-8-10-12-16)13-17(27)24-19(15(3)4)21(29)30/h8-12,14-15,18-19H,13H2,1-7H3,(H,24,27)(H,25,31)(H,29,30)/t18-,19-,34?/m0/s1. The molecule has 0 aromatic heterocycles. The molecule has 3 amide bonds. The van der Waals surface area contributed by atoms with Crippen LogP contribution in [0.15, 0.2) is 39.6 Å². The molecule has 34 heavy (non-hydrogen) atoms. The third-order valence-electron chi connectivity index (χ3n) is 4.53. The predicted octanol–water partition coefficient (Wildman–Crippen LogP) is 2.81. The molecule has 10 nitrogen and oxygen atoms in total. The molecule has 0 saturated heterocycles. The van der Waals surface area contributed by atoms with Crippen LogP contribution in [-0.4, -0.2) is 56.6 Å². The normalized spacial score (nSPS) is 15.1. The molecular formula is C23H35N3O7S. The summed E-state index contributed by atoms with van der Waals surface area (Å²) in [7, 11) is -3.63. The number of carbonyl (C=O) groups excluding carboxylic acids is 3. The van der Waals surface area contributed by atoms with E-state index in [0.29, 0.717) is 0 Å². The quantitative estimate of drug-likeness (QED) is 0.474. The van der Waals surface area contributed by atoms with Gasteiger partial charge in [0.1, 0.15) is 23.4 Å². The number of aliphatic carboxylic acids is 1. The number of alkyl carbamates (subject to hydrolysis) is 1. The van der Waals surface area contributed by atoms with Crippen molar-refractivity contribution in [2.24, 2.45) is 16.2 Å². The van der Waals surface area contributed by atoms with Crippen LogP contribution in [-0.2, 0) is 28.8 Å². The maximum atomic E-state index is 13.8. The first-order chi connectivity index (χ1) is 15.6. The predicted molar refractivity (Wildman–Crippen MR) is 128 cm³/mol. The molecular weight excluding hydrogens is 462 g/mol. The molecule has 0 radical (unpaired) electrons. The van der Waals surface area contributed by atoms with Crippen molar-refractivity contribution in [1.82, 2.24) is 10.6 Å². The Balaban J connectivity index is 3.34. The largest absolute Gasteiger partial charge is 0.480 e. The maximum absolute atomic E-state index is 13.8. The third-order valence-corrected chi connectivity index (χ3v) is 6.67. The Morgan fingerprint density at radius 2 is 1.50 bits per heavy atom. The van der Waals surface area contributed by atoms with E-state index in [4.69, 9.17) is 4.74 Å². The van der Waals surface area contributed by atoms with Crippen molar-refractivity contribution >= 4 is 33.6 Å². The van der Waals surface area contributed by atoms with E-state index in [0.717, 1.165) is 0 Å². The number of hydrogen-bond donors (Lipinski definition) is 3. The summed E-state index contributed by atoms with van der Waals surface area (Å²) in [5.41, 5.74) is -0.793. The van der Waals surface area contributed by atoms with Crippen LogP contribution in [0.1, 0.15) is 48.5 Å². The zero-order valence-corrected chi connectivity index (χ0v) is 21.5. The van der Waals surface area contributed by atoms with Crippen molar-refractivity contribution < 1.29 is 33.2 Å². The minimum Gasteiger partial charge on any atom is -0.480 e. The van der Waals surface area contributed by atoms with Crippen LogP contribution in [0.25, 0.3) is 0 Å². The summed E-state index contributed by atoms with van der Waals surface area (Å²) in [6.07, 6.45) is -0.833. The highest BCUT2D eigenvalue weighted by Crippen LogP contribution is 2.17. The topological polar surface area (TPSA) is 151 Å². The number of amides is 3. The smallest absolute Gasteiger partial charge is 0.408 e. The molecule has 3 atom stereocenters. The summed E-state index contributed by atoms with van der Waals surface area (Å²) in [4.78, 5) is 49.5. The molecule has 0 heterocycles. The van der Waals surface area contributed by atoms with Crippen molar-refractivity contribution in [3.63, 3.8) is 0 Å². The van der Waals surface area contributed by atoms with Crippen LogP contribution >= 0.6 is 0 Å². The Labute approximate surface area is 201 Å². The van der Waals surface area contributed by atoms with Crippen LogP contribution in [0.4, 0.5) is 4.79 Å². The van der Waals surface area contributed by atoms with Gasteiger partial charge in [-0.25, -0.2) is 13.8 Å². The molecule has 0 saturated carbocycles. The van der Waals surface area contributed by atoms with E-state index in [2.05, 4.69) is 15.0 Å². The molecule has 3 N–H and O–H groups in total. The van der Waals surface area contributed by atoms with Gasteiger partial charge in [-0.1, -0.05) is 45.9 Å². The number of carbonyl (C=O) groups is 4. The zero-order valence-electron chi connectivity index (χ0n) is 20.7. The molecule has 190 valence electrons. The van der Waals surface area contributed by atoms with E-state index in [1.165, 1.54) is 12.1 Å². The van der Waals surface area contributed by atoms with Crippen LogP contribution in [0.5, 0.6) is 0 Å². The van der Waals surface area contributed by atoms with E-state index >= 15 is 0 Å². The average molecular weight is 498 g/mol. The molecule has 11 heteroatoms. The van der Waals surface area contributed by atoms with Gasteiger partial charge in [-0.15, -0.1) is 0 Å². The van der Waals surface area contributed by atoms with Crippen LogP contribution in [0.3, 0.4) is 0 Å². The lowest BCUT2D eigenvalue weighted by Crippen LogP contribution is -2.47. The maximum Gasteiger partial charge on any atom is 0.408 e. The van der Waals surface area contributed by atoms with Gasteiger partial charge in [-0.2, -0.15) is 4.36 Å². The molecule has 0 fully saturated rings. The number of hydrogen-bond acceptors (Lipinski definition) is 6. The van der Waals surface area contributed by atoms with Crippen LogP contribution in [0.2, 0.25) is 0 Å². The summed E-state index contributed by atoms with van der Waals surface area (Å²) in [5.74, 6) is -4.51. The number of benzene rings is 1. The Bertz CT molecular complexity index is 1010. The van der Waals surface area contributed by atoms with E-state index in [1.54, 1.807) is 66.7 Å². The minimum atomic E-state index is -3.63. The number of nitrogens with zero attached hydrogens (tertiary/aromatic N) is 1. The highest BCUT2D eigenvalue weighted by molar-refractivity contribution is 7.94. The van der Waals surface area contributed by atoms with E-state index in [-0.39, 0.29) is 4.90 Å². The summed E-state index contributed by atoms with van der Waals surface area (Å²) < 4.78 is 22.9. The lowest BCUT2D eigenvalue weighted by Gasteiger charge is -2.24. The second-order valence-corrected chi connectivity index (χ2v) is 11.7. The molecule has 1 unspecified atom stereocenters. The van der Waals surface area contributed by atoms with Gasteiger partial charge in [0.05, 0.1) is 9.73 Å². The number of ether oxygens (including phenoxy) is 1. The summed E-state index contributed by atoms with van der Waals surface area (Å²) in [6, 6.07) is 5.43. The summed E-state index contributed by atoms with van der Waals surface area (Å²) in [6.45, 7) is 11.6. The van der Waals surface area contributed by atoms with Gasteiger partial charge in [-0.05, 0) is 44.7 Å². The van der Waals surface area contributed by atoms with Gasteiger partial charge in [0.2, 0.25) is 5.91 Å². The first-order valence-electron chi connectivity index (χ1n) is 10.9. The van der Waals surface area contributed by atoms with Gasteiger partial charge in [0.25, 0.3) is 5.91 Å². The molecule has 0 bridgehead atoms. The summed E-state index contributed by atoms with van der Waals surface area (Å²) in [5, 5.41) is 14.1. The fourth-order valence-corrected chi connectivity index (χ4v) is 4.62. The van der Waals surface area contributed by atoms with Gasteiger partial charge >= 0.3 is 12.1 Å². The van der Waals surface area contributed by atoms with Crippen molar-refractivity contribution in [2.45, 2.75) is 71.0 Å². The van der Waals surface area contributed by atoms with Gasteiger partial charge in [-0.3, -0.25) is 9.59 Å². The number of carboxylic acid groups (broad SMARTS) is 1. The second kappa shape index (κ2) is 12.0. The molecule has 0 aliphatic heterocycles. The van der Waals surface area contributed by atoms with Crippen LogP contribution < -0.4 is 10.6 Å². The Kier molecular flexibility index (Phi) is 10.2. The van der Waals surface area contributed by atoms with Gasteiger partial charge in [0.15, 0.2) is 0 Å². The number of nitrogens with one attached hydrogen (secondary N) is 2. The van der Waals surface area contributed by atoms with E-state index in [1.807, 2.05) is 0 Å². The fourth-order valence-electron chi connectivity index (χ4n) is 2.86. The Hall–Kier alpha value is -2.95. The monoisotopic (exact) mass is 497 g/mol. The van der Waals surface area contributed by atoms with Crippen LogP contribution in [0, 0.1) is 11.8 Å². The number of carboxylic acids is 1. The molecule has 0 aliphatic carbocycles. The first-order valence-corrected chi connectivity index (χ1v) is 12.6. The molecule has 0 spiro atoms. The Morgan fingerprint density at radius 3 is 1.94 bits per heavy atom. The highest BCUT2D eigenvalue weighted by Gasteiger charge is 2.30. The van der Waals surface area contributed by atoms with Crippen molar-refractivity contribution in [1.29, 1.82) is 0 Å². The zero-order chi connectivity index (χ0) is 26.3. The van der Waals surface area contributed by atoms with Gasteiger partial charge in [0, 0.05) is 4.90 Å².